The van der Waals surface area contributed by atoms with E-state index in [1.807, 2.05) is 21.0 Å². The van der Waals surface area contributed by atoms with Crippen LogP contribution >= 0.6 is 0 Å². The van der Waals surface area contributed by atoms with Gasteiger partial charge in [-0.05, 0) is 0 Å². The van der Waals surface area contributed by atoms with E-state index in [0.29, 0.717) is 60.4 Å². The van der Waals surface area contributed by atoms with Crippen molar-refractivity contribution in [3.05, 3.63) is 63.8 Å². The molecule has 0 N–H and O–H groups in total. The Morgan fingerprint density at radius 1 is 0.357 bits per heavy atom. The third-order valence-corrected chi connectivity index (χ3v) is 8.54. The van der Waals surface area contributed by atoms with E-state index in [2.05, 4.69) is 223 Å². The monoisotopic (exact) mass is 1240 g/mol. The first kappa shape index (κ1) is 101. The van der Waals surface area contributed by atoms with Gasteiger partial charge in [-0.15, -0.1) is 48.3 Å². The van der Waals surface area contributed by atoms with Crippen molar-refractivity contribution in [1.29, 1.82) is 0 Å². The van der Waals surface area contributed by atoms with Crippen LogP contribution in [0.2, 0.25) is 0 Å². The predicted octanol–water partition coefficient (Wildman–Crippen LogP) is 16.8. The van der Waals surface area contributed by atoms with E-state index >= 15 is 0 Å². The Bertz CT molecular complexity index is 879. The van der Waals surface area contributed by atoms with Crippen molar-refractivity contribution in [3.8, 4) is 0 Å². The van der Waals surface area contributed by atoms with Crippen LogP contribution in [0.3, 0.4) is 0 Å². The van der Waals surface area contributed by atoms with Gasteiger partial charge in [-0.3, -0.25) is 0 Å². The van der Waals surface area contributed by atoms with Gasteiger partial charge in [-0.2, -0.15) is 103 Å². The molecule has 0 spiro atoms. The van der Waals surface area contributed by atoms with Crippen LogP contribution in [0.1, 0.15) is 192 Å². The molecule has 0 aliphatic carbocycles. The Kier molecular flexibility index (Phi) is 104. The van der Waals surface area contributed by atoms with Gasteiger partial charge in [-0.25, -0.2) is 0 Å². The van der Waals surface area contributed by atoms with Crippen molar-refractivity contribution in [1.82, 2.24) is 0 Å². The van der Waals surface area contributed by atoms with E-state index < -0.39 is 0 Å². The minimum Gasteiger partial charge on any atom is -0.666 e. The third-order valence-electron chi connectivity index (χ3n) is 8.54. The minimum absolute atomic E-state index is 0. The molecule has 0 aliphatic heterocycles. The molecule has 0 rings (SSSR count). The van der Waals surface area contributed by atoms with Gasteiger partial charge >= 0.3 is 102 Å². The first-order valence-corrected chi connectivity index (χ1v) is 25.5. The van der Waals surface area contributed by atoms with Crippen molar-refractivity contribution < 1.29 is 102 Å². The fourth-order valence-corrected chi connectivity index (χ4v) is 4.95. The average molecular weight is 1240 g/mol. The second-order valence-electron chi connectivity index (χ2n) is 19.7. The fourth-order valence-electron chi connectivity index (χ4n) is 4.95. The van der Waals surface area contributed by atoms with Crippen LogP contribution in [0.15, 0.2) is 0 Å². The standard InChI is InChI=1S/2C11H24N2.2C9H20N2.C7H16N2.C5H12N2.6Mn/c1-9(13-11(5,6)7)8-12-10(2,3)4;1-6-9(3)12-8-11(5)13-10(4)7-2;1-7(2)10-6-9(5)11-8(3)4;1-4-6-10-8-9(3)11-7-5-2;1-4-8-6-7(3)9-5-2;1-5(7-3)4-6-2;;;;;;/h9H,8H2,1-7H3;9-11H,6-8H2,1-5H3;7-9H,6H2,1-5H3;9H,4-8H2,1-3H3;7H,4-6H2,1-3H3;5H,4H2,1-3H3;;;;;;/q6*-2;6*+2. The number of rotatable bonds is 30. The Morgan fingerprint density at radius 3 is 1.17 bits per heavy atom. The van der Waals surface area contributed by atoms with Gasteiger partial charge in [0.1, 0.15) is 0 Å². The number of hydrogen-bond donors (Lipinski definition) is 0. The molecular weight excluding hydrogens is 1120 g/mol. The quantitative estimate of drug-likeness (QED) is 0.0493. The van der Waals surface area contributed by atoms with E-state index in [1.165, 1.54) is 0 Å². The summed E-state index contributed by atoms with van der Waals surface area (Å²) in [5.74, 6) is 0. The third kappa shape index (κ3) is 107. The summed E-state index contributed by atoms with van der Waals surface area (Å²) in [6.07, 6.45) is 4.57. The maximum Gasteiger partial charge on any atom is 2.00 e. The van der Waals surface area contributed by atoms with E-state index in [4.69, 9.17) is 0 Å². The first-order chi connectivity index (χ1) is 29.6. The van der Waals surface area contributed by atoms with Crippen LogP contribution in [-0.2, 0) is 102 Å². The zero-order valence-corrected chi connectivity index (χ0v) is 57.4. The topological polar surface area (TPSA) is 169 Å². The van der Waals surface area contributed by atoms with Crippen LogP contribution in [0, 0.1) is 0 Å². The summed E-state index contributed by atoms with van der Waals surface area (Å²) < 4.78 is 0. The molecule has 426 valence electrons. The number of nitrogens with zero attached hydrogens (tertiary/aromatic N) is 12. The van der Waals surface area contributed by atoms with E-state index in [1.54, 1.807) is 0 Å². The average Bonchev–Trinajstić information content (AvgIpc) is 3.20. The van der Waals surface area contributed by atoms with Crippen molar-refractivity contribution in [2.24, 2.45) is 0 Å². The zero-order chi connectivity index (χ0) is 51.2. The van der Waals surface area contributed by atoms with Gasteiger partial charge in [0.15, 0.2) is 0 Å². The molecule has 0 bridgehead atoms. The second-order valence-corrected chi connectivity index (χ2v) is 19.7. The summed E-state index contributed by atoms with van der Waals surface area (Å²) in [6, 6.07) is 4.24. The molecule has 70 heavy (non-hydrogen) atoms. The Hall–Kier alpha value is 2.64. The van der Waals surface area contributed by atoms with Crippen LogP contribution in [0.5, 0.6) is 0 Å². The molecule has 12 nitrogen and oxygen atoms in total. The summed E-state index contributed by atoms with van der Waals surface area (Å²) in [5.41, 5.74) is 0.133. The van der Waals surface area contributed by atoms with Gasteiger partial charge in [0.25, 0.3) is 0 Å². The maximum absolute atomic E-state index is 4.62. The molecule has 0 heterocycles. The largest absolute Gasteiger partial charge is 2.00 e. The fraction of sp³-hybridized carbons (Fsp3) is 1.00. The molecular formula is C52H116Mn6N12. The van der Waals surface area contributed by atoms with Gasteiger partial charge in [0, 0.05) is 0 Å². The number of likely N-dealkylation sites (N-methyl/N-ethyl adjacent to an activating group) is 4. The molecule has 0 saturated heterocycles. The van der Waals surface area contributed by atoms with Crippen molar-refractivity contribution in [2.45, 2.75) is 263 Å². The van der Waals surface area contributed by atoms with Crippen LogP contribution in [0.25, 0.3) is 63.8 Å². The molecule has 0 fully saturated rings. The maximum atomic E-state index is 4.62. The molecule has 18 heteroatoms. The molecule has 0 aliphatic rings. The summed E-state index contributed by atoms with van der Waals surface area (Å²) >= 11 is 0. The first-order valence-electron chi connectivity index (χ1n) is 25.5. The molecule has 0 aromatic carbocycles. The van der Waals surface area contributed by atoms with E-state index in [9.17, 15) is 0 Å². The Morgan fingerprint density at radius 2 is 0.814 bits per heavy atom. The zero-order valence-electron chi connectivity index (χ0n) is 50.3. The minimum atomic E-state index is 0. The molecule has 0 aromatic rings. The summed E-state index contributed by atoms with van der Waals surface area (Å²) in [6.45, 7) is 60.0. The van der Waals surface area contributed by atoms with Crippen molar-refractivity contribution >= 4 is 0 Å². The predicted molar refractivity (Wildman–Crippen MR) is 299 cm³/mol. The molecule has 8 atom stereocenters. The molecule has 6 radical (unpaired) electrons. The molecule has 0 amide bonds. The van der Waals surface area contributed by atoms with Gasteiger partial charge in [0.05, 0.1) is 0 Å². The summed E-state index contributed by atoms with van der Waals surface area (Å²) in [7, 11) is 3.62. The van der Waals surface area contributed by atoms with Crippen molar-refractivity contribution in [3.63, 3.8) is 0 Å². The van der Waals surface area contributed by atoms with Crippen LogP contribution in [-0.4, -0.2) is 151 Å². The summed E-state index contributed by atoms with van der Waals surface area (Å²) in [5, 5.41) is 52.3. The molecule has 8 unspecified atom stereocenters. The van der Waals surface area contributed by atoms with Gasteiger partial charge < -0.3 is 63.8 Å². The summed E-state index contributed by atoms with van der Waals surface area (Å²) in [4.78, 5) is 0. The Labute approximate surface area is 505 Å². The van der Waals surface area contributed by atoms with Crippen LogP contribution in [0.4, 0.5) is 0 Å². The molecule has 0 aromatic heterocycles. The van der Waals surface area contributed by atoms with Crippen molar-refractivity contribution in [2.75, 3.05) is 79.5 Å². The van der Waals surface area contributed by atoms with Gasteiger partial charge in [-0.1, -0.05) is 192 Å². The molecule has 0 saturated carbocycles. The Balaban J connectivity index is -0.0000000572. The van der Waals surface area contributed by atoms with Crippen LogP contribution < -0.4 is 0 Å². The van der Waals surface area contributed by atoms with E-state index in [-0.39, 0.29) is 113 Å². The number of hydrogen-bond acceptors (Lipinski definition) is 0. The van der Waals surface area contributed by atoms with E-state index in [0.717, 1.165) is 91.1 Å². The van der Waals surface area contributed by atoms with Gasteiger partial charge in [0.2, 0.25) is 0 Å². The SMILES string of the molecule is CC(C)[N-]CC(C)[N-]C(C)C.CC(C[N-]C(C)(C)C)[N-]C(C)(C)C.CCC(C)[N-]CC(C)[N-]C(C)CC.CCC[N-]CC(C)[N-]CCC.CC[N-]CC(C)[N-]CC.C[N-]CC(C)[N-]C.[Mn+2].[Mn+2].[Mn+2].[Mn+2].[Mn+2].[Mn+2]. The smallest absolute Gasteiger partial charge is 0.666 e. The normalized spacial score (nSPS) is 13.9. The second kappa shape index (κ2) is 71.6.